The zero-order chi connectivity index (χ0) is 37.3. The third kappa shape index (κ3) is 16.7. The van der Waals surface area contributed by atoms with E-state index in [1.165, 1.54) is 0 Å². The molecule has 0 aliphatic carbocycles. The van der Waals surface area contributed by atoms with Crippen molar-refractivity contribution in [2.45, 2.75) is 98.1 Å². The number of alkyl carbamates (subject to hydrolysis) is 2. The fourth-order valence-corrected chi connectivity index (χ4v) is 4.54. The second-order valence-corrected chi connectivity index (χ2v) is 13.5. The summed E-state index contributed by atoms with van der Waals surface area (Å²) in [7, 11) is 0. The van der Waals surface area contributed by atoms with Crippen molar-refractivity contribution >= 4 is 35.9 Å². The molecule has 0 aromatic heterocycles. The lowest BCUT2D eigenvalue weighted by Gasteiger charge is -2.26. The smallest absolute Gasteiger partial charge is 0.408 e. The van der Waals surface area contributed by atoms with Crippen molar-refractivity contribution in [3.63, 3.8) is 0 Å². The number of ether oxygens (including phenoxy) is 2. The first-order chi connectivity index (χ1) is 23.5. The molecule has 7 N–H and O–H groups in total. The van der Waals surface area contributed by atoms with Crippen LogP contribution in [0.15, 0.2) is 60.7 Å². The molecule has 0 saturated carbocycles. The molecule has 0 radical (unpaired) electrons. The van der Waals surface area contributed by atoms with Crippen molar-refractivity contribution in [1.29, 1.82) is 0 Å². The molecule has 0 heterocycles. The van der Waals surface area contributed by atoms with Crippen LogP contribution in [-0.4, -0.2) is 59.7 Å². The summed E-state index contributed by atoms with van der Waals surface area (Å²) in [5, 5.41) is 7.75. The van der Waals surface area contributed by atoms with E-state index in [4.69, 9.17) is 9.47 Å². The average molecular weight is 698 g/mol. The van der Waals surface area contributed by atoms with Gasteiger partial charge in [0, 0.05) is 6.42 Å². The number of carbonyl (C=O) groups excluding carboxylic acids is 6. The summed E-state index contributed by atoms with van der Waals surface area (Å²) in [6.45, 7) is 12.5. The quantitative estimate of drug-likeness (QED) is 0.146. The average Bonchev–Trinajstić information content (AvgIpc) is 3.03. The van der Waals surface area contributed by atoms with Crippen LogP contribution in [0.25, 0.3) is 0 Å². The first-order valence-corrected chi connectivity index (χ1v) is 16.5. The van der Waals surface area contributed by atoms with Crippen LogP contribution in [-0.2, 0) is 36.9 Å². The van der Waals surface area contributed by atoms with Gasteiger partial charge in [-0.2, -0.15) is 0 Å². The van der Waals surface area contributed by atoms with Gasteiger partial charge in [-0.15, -0.1) is 0 Å². The van der Waals surface area contributed by atoms with Crippen molar-refractivity contribution < 1.29 is 38.2 Å². The summed E-state index contributed by atoms with van der Waals surface area (Å²) < 4.78 is 10.5. The Hall–Kier alpha value is -5.34. The molecule has 3 atom stereocenters. The molecule has 50 heavy (non-hydrogen) atoms. The molecule has 0 spiro atoms. The lowest BCUT2D eigenvalue weighted by Crippen LogP contribution is -2.60. The lowest BCUT2D eigenvalue weighted by atomic mass is 10.0. The molecule has 2 rings (SSSR count). The molecule has 274 valence electrons. The van der Waals surface area contributed by atoms with E-state index in [1.807, 2.05) is 39.8 Å². The number of nitrogens with one attached hydrogen (secondary N) is 7. The van der Waals surface area contributed by atoms with Gasteiger partial charge in [0.15, 0.2) is 0 Å². The Labute approximate surface area is 293 Å². The summed E-state index contributed by atoms with van der Waals surface area (Å²) in [5.74, 6) is -2.14. The maximum atomic E-state index is 13.4. The molecule has 0 fully saturated rings. The Kier molecular flexibility index (Phi) is 16.5. The third-order valence-corrected chi connectivity index (χ3v) is 6.76. The summed E-state index contributed by atoms with van der Waals surface area (Å²) in [6.07, 6.45) is -1.03. The molecular weight excluding hydrogens is 646 g/mol. The molecular formula is C35H51N7O8. The van der Waals surface area contributed by atoms with Crippen LogP contribution in [0.3, 0.4) is 0 Å². The summed E-state index contributed by atoms with van der Waals surface area (Å²) in [4.78, 5) is 76.8. The third-order valence-electron chi connectivity index (χ3n) is 6.76. The molecule has 0 aliphatic heterocycles. The molecule has 0 saturated heterocycles. The fraction of sp³-hybridized carbons (Fsp3) is 0.486. The number of hydrazine groups is 2. The highest BCUT2D eigenvalue weighted by Gasteiger charge is 2.30. The molecule has 2 aromatic carbocycles. The van der Waals surface area contributed by atoms with Crippen molar-refractivity contribution in [3.05, 3.63) is 71.8 Å². The van der Waals surface area contributed by atoms with Gasteiger partial charge in [-0.05, 0) is 56.6 Å². The van der Waals surface area contributed by atoms with Gasteiger partial charge in [0.2, 0.25) is 5.91 Å². The monoisotopic (exact) mass is 697 g/mol. The predicted molar refractivity (Wildman–Crippen MR) is 186 cm³/mol. The molecule has 2 aromatic rings. The van der Waals surface area contributed by atoms with Crippen LogP contribution < -0.4 is 37.7 Å². The SMILES string of the molecule is CC(C)CC(NC(=O)OCc1ccccc1)C(=O)NNC(=O)NNC(=O)C(CC(C)C)NC(=O)C(Cc1ccccc1)NC(=O)OC(C)(C)C. The van der Waals surface area contributed by atoms with Crippen LogP contribution in [0.1, 0.15) is 72.4 Å². The first-order valence-electron chi connectivity index (χ1n) is 16.5. The Bertz CT molecular complexity index is 1420. The van der Waals surface area contributed by atoms with Crippen LogP contribution in [0.2, 0.25) is 0 Å². The summed E-state index contributed by atoms with van der Waals surface area (Å²) >= 11 is 0. The minimum absolute atomic E-state index is 0.00742. The Morgan fingerprint density at radius 1 is 0.580 bits per heavy atom. The van der Waals surface area contributed by atoms with Gasteiger partial charge in [-0.1, -0.05) is 88.4 Å². The Morgan fingerprint density at radius 2 is 1.04 bits per heavy atom. The van der Waals surface area contributed by atoms with Crippen molar-refractivity contribution in [3.8, 4) is 0 Å². The van der Waals surface area contributed by atoms with Crippen LogP contribution in [0.4, 0.5) is 14.4 Å². The molecule has 15 heteroatoms. The number of urea groups is 1. The fourth-order valence-electron chi connectivity index (χ4n) is 4.54. The highest BCUT2D eigenvalue weighted by Crippen LogP contribution is 2.11. The minimum Gasteiger partial charge on any atom is -0.445 e. The van der Waals surface area contributed by atoms with Gasteiger partial charge >= 0.3 is 18.2 Å². The first kappa shape index (κ1) is 40.8. The number of hydrogen-bond donors (Lipinski definition) is 7. The lowest BCUT2D eigenvalue weighted by molar-refractivity contribution is -0.130. The molecule has 0 aliphatic rings. The second-order valence-electron chi connectivity index (χ2n) is 13.5. The number of rotatable bonds is 14. The standard InChI is InChI=1S/C35H51N7O8/c1-22(2)18-26(36-29(43)28(20-24-14-10-8-11-15-24)38-34(48)50-35(5,6)7)30(44)39-41-32(46)42-40-31(45)27(19-23(3)4)37-33(47)49-21-25-16-12-9-13-17-25/h8-17,22-23,26-28H,18-21H2,1-7H3,(H,36,43)(H,37,47)(H,38,48)(H,39,44)(H,40,45)(H2,41,42,46). The highest BCUT2D eigenvalue weighted by molar-refractivity contribution is 5.92. The normalized spacial score (nSPS) is 12.8. The van der Waals surface area contributed by atoms with Crippen LogP contribution in [0.5, 0.6) is 0 Å². The van der Waals surface area contributed by atoms with Crippen LogP contribution >= 0.6 is 0 Å². The maximum absolute atomic E-state index is 13.4. The van der Waals surface area contributed by atoms with Gasteiger partial charge in [-0.25, -0.2) is 25.2 Å². The Morgan fingerprint density at radius 3 is 1.52 bits per heavy atom. The van der Waals surface area contributed by atoms with Gasteiger partial charge in [-0.3, -0.25) is 25.2 Å². The van der Waals surface area contributed by atoms with Gasteiger partial charge in [0.1, 0.15) is 30.3 Å². The molecule has 0 bridgehead atoms. The topological polar surface area (TPSA) is 205 Å². The van der Waals surface area contributed by atoms with E-state index in [-0.39, 0.29) is 37.7 Å². The molecule has 7 amide bonds. The number of amides is 7. The van der Waals surface area contributed by atoms with Crippen molar-refractivity contribution in [1.82, 2.24) is 37.7 Å². The summed E-state index contributed by atoms with van der Waals surface area (Å²) in [5.41, 5.74) is 9.44. The largest absolute Gasteiger partial charge is 0.445 e. The zero-order valence-corrected chi connectivity index (χ0v) is 29.8. The Balaban J connectivity index is 1.98. The molecule has 3 unspecified atom stereocenters. The number of benzene rings is 2. The van der Waals surface area contributed by atoms with E-state index in [1.54, 1.807) is 69.3 Å². The summed E-state index contributed by atoms with van der Waals surface area (Å²) in [6, 6.07) is 13.8. The van der Waals surface area contributed by atoms with E-state index < -0.39 is 59.7 Å². The highest BCUT2D eigenvalue weighted by atomic mass is 16.6. The zero-order valence-electron chi connectivity index (χ0n) is 29.8. The van der Waals surface area contributed by atoms with Gasteiger partial charge in [0.05, 0.1) is 0 Å². The number of carbonyl (C=O) groups is 6. The number of hydrogen-bond acceptors (Lipinski definition) is 8. The second kappa shape index (κ2) is 20.2. The van der Waals surface area contributed by atoms with Crippen molar-refractivity contribution in [2.24, 2.45) is 11.8 Å². The molecule has 15 nitrogen and oxygen atoms in total. The van der Waals surface area contributed by atoms with Gasteiger partial charge in [0.25, 0.3) is 11.8 Å². The van der Waals surface area contributed by atoms with E-state index in [9.17, 15) is 28.8 Å². The van der Waals surface area contributed by atoms with Gasteiger partial charge < -0.3 is 25.4 Å². The van der Waals surface area contributed by atoms with E-state index >= 15 is 0 Å². The minimum atomic E-state index is -1.10. The van der Waals surface area contributed by atoms with E-state index in [2.05, 4.69) is 37.7 Å². The van der Waals surface area contributed by atoms with Crippen LogP contribution in [0, 0.1) is 11.8 Å². The maximum Gasteiger partial charge on any atom is 0.408 e. The van der Waals surface area contributed by atoms with Crippen molar-refractivity contribution in [2.75, 3.05) is 0 Å². The van der Waals surface area contributed by atoms with E-state index in [0.717, 1.165) is 11.1 Å². The predicted octanol–water partition coefficient (Wildman–Crippen LogP) is 3.36. The van der Waals surface area contributed by atoms with E-state index in [0.29, 0.717) is 0 Å².